The smallest absolute Gasteiger partial charge is 0.223 e. The molecule has 1 aliphatic carbocycles. The van der Waals surface area contributed by atoms with Crippen LogP contribution in [0.4, 0.5) is 0 Å². The lowest BCUT2D eigenvalue weighted by Gasteiger charge is -2.48. The van der Waals surface area contributed by atoms with E-state index in [1.54, 1.807) is 0 Å². The van der Waals surface area contributed by atoms with Gasteiger partial charge in [0, 0.05) is 31.1 Å². The predicted molar refractivity (Wildman–Crippen MR) is 96.7 cm³/mol. The SMILES string of the molecule is Cc1ccccc1CN[C@@H]1CC[C@@]23CCCN2C(=O)CCC[C@H]3C1. The monoisotopic (exact) mass is 326 g/mol. The quantitative estimate of drug-likeness (QED) is 0.916. The van der Waals surface area contributed by atoms with Crippen LogP contribution in [0.3, 0.4) is 0 Å². The van der Waals surface area contributed by atoms with E-state index in [4.69, 9.17) is 0 Å². The first-order valence-electron chi connectivity index (χ1n) is 9.77. The zero-order valence-electron chi connectivity index (χ0n) is 14.9. The molecule has 2 heterocycles. The summed E-state index contributed by atoms with van der Waals surface area (Å²) in [4.78, 5) is 14.8. The Bertz CT molecular complexity index is 614. The zero-order valence-corrected chi connectivity index (χ0v) is 14.9. The Balaban J connectivity index is 1.44. The highest BCUT2D eigenvalue weighted by Crippen LogP contribution is 2.49. The number of amides is 1. The van der Waals surface area contributed by atoms with Gasteiger partial charge in [-0.2, -0.15) is 0 Å². The molecule has 1 aromatic carbocycles. The van der Waals surface area contributed by atoms with Crippen molar-refractivity contribution in [2.45, 2.75) is 76.4 Å². The molecule has 1 N–H and O–H groups in total. The van der Waals surface area contributed by atoms with E-state index in [9.17, 15) is 4.79 Å². The van der Waals surface area contributed by atoms with E-state index in [1.165, 1.54) is 49.7 Å². The summed E-state index contributed by atoms with van der Waals surface area (Å²) in [6.07, 6.45) is 9.23. The number of carbonyl (C=O) groups excluding carboxylic acids is 1. The molecule has 3 nitrogen and oxygen atoms in total. The van der Waals surface area contributed by atoms with Gasteiger partial charge in [-0.1, -0.05) is 24.3 Å². The Morgan fingerprint density at radius 2 is 2.08 bits per heavy atom. The van der Waals surface area contributed by atoms with Gasteiger partial charge in [-0.15, -0.1) is 0 Å². The molecule has 0 aromatic heterocycles. The van der Waals surface area contributed by atoms with E-state index < -0.39 is 0 Å². The van der Waals surface area contributed by atoms with E-state index in [0.717, 1.165) is 25.9 Å². The van der Waals surface area contributed by atoms with Gasteiger partial charge in [-0.3, -0.25) is 4.79 Å². The van der Waals surface area contributed by atoms with Crippen LogP contribution in [0.15, 0.2) is 24.3 Å². The third-order valence-corrected chi connectivity index (χ3v) is 6.87. The molecule has 0 unspecified atom stereocenters. The second kappa shape index (κ2) is 6.51. The summed E-state index contributed by atoms with van der Waals surface area (Å²) >= 11 is 0. The lowest BCUT2D eigenvalue weighted by molar-refractivity contribution is -0.137. The third kappa shape index (κ3) is 2.77. The second-order valence-corrected chi connectivity index (χ2v) is 8.12. The van der Waals surface area contributed by atoms with Gasteiger partial charge in [-0.25, -0.2) is 0 Å². The van der Waals surface area contributed by atoms with Gasteiger partial charge >= 0.3 is 0 Å². The molecule has 4 rings (SSSR count). The Morgan fingerprint density at radius 3 is 2.96 bits per heavy atom. The molecule has 2 saturated heterocycles. The number of carbonyl (C=O) groups is 1. The minimum Gasteiger partial charge on any atom is -0.337 e. The van der Waals surface area contributed by atoms with Crippen LogP contribution in [0.2, 0.25) is 0 Å². The number of benzene rings is 1. The van der Waals surface area contributed by atoms with Crippen molar-refractivity contribution in [1.29, 1.82) is 0 Å². The molecule has 130 valence electrons. The molecule has 3 fully saturated rings. The van der Waals surface area contributed by atoms with Crippen molar-refractivity contribution >= 4 is 5.91 Å². The highest BCUT2D eigenvalue weighted by atomic mass is 16.2. The van der Waals surface area contributed by atoms with Crippen LogP contribution in [0.5, 0.6) is 0 Å². The van der Waals surface area contributed by atoms with E-state index in [2.05, 4.69) is 41.4 Å². The molecule has 3 atom stereocenters. The number of nitrogens with one attached hydrogen (secondary N) is 1. The fourth-order valence-corrected chi connectivity index (χ4v) is 5.54. The Hall–Kier alpha value is -1.35. The molecular formula is C21H30N2O. The third-order valence-electron chi connectivity index (χ3n) is 6.87. The molecular weight excluding hydrogens is 296 g/mol. The van der Waals surface area contributed by atoms with Crippen LogP contribution >= 0.6 is 0 Å². The summed E-state index contributed by atoms with van der Waals surface area (Å²) in [6.45, 7) is 4.18. The normalized spacial score (nSPS) is 33.0. The van der Waals surface area contributed by atoms with Gasteiger partial charge < -0.3 is 10.2 Å². The molecule has 1 saturated carbocycles. The highest BCUT2D eigenvalue weighted by molar-refractivity contribution is 5.78. The van der Waals surface area contributed by atoms with Crippen molar-refractivity contribution in [2.24, 2.45) is 5.92 Å². The van der Waals surface area contributed by atoms with Crippen molar-refractivity contribution in [1.82, 2.24) is 10.2 Å². The zero-order chi connectivity index (χ0) is 16.6. The summed E-state index contributed by atoms with van der Waals surface area (Å²) in [5, 5.41) is 3.82. The van der Waals surface area contributed by atoms with Gasteiger partial charge in [0.25, 0.3) is 0 Å². The standard InChI is InChI=1S/C21H30N2O/c1-16-6-2-3-7-17(16)15-22-19-10-12-21-11-5-13-23(21)20(24)9-4-8-18(21)14-19/h2-3,6-7,18-19,22H,4-5,8-15H2,1H3/t18-,19+,21+/m0/s1. The van der Waals surface area contributed by atoms with E-state index in [0.29, 0.717) is 17.9 Å². The summed E-state index contributed by atoms with van der Waals surface area (Å²) in [5.41, 5.74) is 3.00. The molecule has 3 heteroatoms. The van der Waals surface area contributed by atoms with Gasteiger partial charge in [0.1, 0.15) is 0 Å². The van der Waals surface area contributed by atoms with Crippen LogP contribution in [0.1, 0.15) is 62.5 Å². The Morgan fingerprint density at radius 1 is 1.21 bits per heavy atom. The van der Waals surface area contributed by atoms with Gasteiger partial charge in [0.2, 0.25) is 5.91 Å². The van der Waals surface area contributed by atoms with Crippen LogP contribution in [-0.4, -0.2) is 28.9 Å². The van der Waals surface area contributed by atoms with Crippen LogP contribution in [0, 0.1) is 12.8 Å². The lowest BCUT2D eigenvalue weighted by atomic mass is 9.68. The molecule has 0 bridgehead atoms. The first-order chi connectivity index (χ1) is 11.7. The first kappa shape index (κ1) is 16.1. The number of rotatable bonds is 3. The fourth-order valence-electron chi connectivity index (χ4n) is 5.54. The van der Waals surface area contributed by atoms with Crippen LogP contribution < -0.4 is 5.32 Å². The largest absolute Gasteiger partial charge is 0.337 e. The molecule has 0 radical (unpaired) electrons. The van der Waals surface area contributed by atoms with Crippen molar-refractivity contribution in [3.8, 4) is 0 Å². The number of nitrogens with zero attached hydrogens (tertiary/aromatic N) is 1. The first-order valence-corrected chi connectivity index (χ1v) is 9.77. The minimum atomic E-state index is 0.217. The lowest BCUT2D eigenvalue weighted by Crippen LogP contribution is -2.55. The fraction of sp³-hybridized carbons (Fsp3) is 0.667. The van der Waals surface area contributed by atoms with Crippen molar-refractivity contribution in [2.75, 3.05) is 6.54 Å². The van der Waals surface area contributed by atoms with Crippen LogP contribution in [0.25, 0.3) is 0 Å². The second-order valence-electron chi connectivity index (χ2n) is 8.12. The average molecular weight is 326 g/mol. The molecule has 3 aliphatic rings. The molecule has 2 aliphatic heterocycles. The van der Waals surface area contributed by atoms with E-state index in [1.807, 2.05) is 0 Å². The Kier molecular flexibility index (Phi) is 4.38. The average Bonchev–Trinajstić information content (AvgIpc) is 2.95. The van der Waals surface area contributed by atoms with Crippen molar-refractivity contribution < 1.29 is 4.79 Å². The Labute approximate surface area is 145 Å². The summed E-state index contributed by atoms with van der Waals surface area (Å²) < 4.78 is 0. The van der Waals surface area contributed by atoms with Gasteiger partial charge in [0.05, 0.1) is 0 Å². The highest BCUT2D eigenvalue weighted by Gasteiger charge is 2.52. The molecule has 24 heavy (non-hydrogen) atoms. The van der Waals surface area contributed by atoms with Crippen molar-refractivity contribution in [3.05, 3.63) is 35.4 Å². The van der Waals surface area contributed by atoms with Crippen LogP contribution in [-0.2, 0) is 11.3 Å². The minimum absolute atomic E-state index is 0.217. The topological polar surface area (TPSA) is 32.3 Å². The molecule has 1 aromatic rings. The van der Waals surface area contributed by atoms with Crippen molar-refractivity contribution in [3.63, 3.8) is 0 Å². The summed E-state index contributed by atoms with van der Waals surface area (Å²) in [7, 11) is 0. The number of hydrogen-bond donors (Lipinski definition) is 1. The van der Waals surface area contributed by atoms with Gasteiger partial charge in [-0.05, 0) is 68.9 Å². The maximum Gasteiger partial charge on any atom is 0.223 e. The molecule has 1 amide bonds. The van der Waals surface area contributed by atoms with E-state index >= 15 is 0 Å². The number of hydrogen-bond acceptors (Lipinski definition) is 2. The summed E-state index contributed by atoms with van der Waals surface area (Å²) in [6, 6.07) is 9.28. The maximum atomic E-state index is 12.5. The summed E-state index contributed by atoms with van der Waals surface area (Å²) in [5.74, 6) is 1.14. The predicted octanol–water partition coefficient (Wildman–Crippen LogP) is 3.80. The molecule has 1 spiro atoms. The number of aryl methyl sites for hydroxylation is 1. The van der Waals surface area contributed by atoms with E-state index in [-0.39, 0.29) is 5.54 Å². The van der Waals surface area contributed by atoms with Gasteiger partial charge in [0.15, 0.2) is 0 Å². The maximum absolute atomic E-state index is 12.5.